The minimum Gasteiger partial charge on any atom is -0.478 e. The Morgan fingerprint density at radius 3 is 2.50 bits per heavy atom. The molecule has 2 saturated heterocycles. The van der Waals surface area contributed by atoms with Crippen molar-refractivity contribution in [3.8, 4) is 0 Å². The van der Waals surface area contributed by atoms with Crippen LogP contribution in [-0.4, -0.2) is 45.2 Å². The summed E-state index contributed by atoms with van der Waals surface area (Å²) >= 11 is 0. The third kappa shape index (κ3) is 2.64. The van der Waals surface area contributed by atoms with E-state index < -0.39 is 57.5 Å². The lowest BCUT2D eigenvalue weighted by Gasteiger charge is -2.65. The first-order chi connectivity index (χ1) is 15.7. The third-order valence-corrected chi connectivity index (χ3v) is 9.67. The van der Waals surface area contributed by atoms with Gasteiger partial charge in [-0.15, -0.1) is 0 Å². The van der Waals surface area contributed by atoms with Gasteiger partial charge >= 0.3 is 11.9 Å². The van der Waals surface area contributed by atoms with Crippen LogP contribution in [0.1, 0.15) is 65.5 Å². The van der Waals surface area contributed by atoms with Gasteiger partial charge in [-0.3, -0.25) is 4.79 Å². The highest BCUT2D eigenvalue weighted by Gasteiger charge is 2.88. The molecule has 8 heteroatoms. The van der Waals surface area contributed by atoms with Crippen molar-refractivity contribution in [2.75, 3.05) is 0 Å². The van der Waals surface area contributed by atoms with Crippen LogP contribution in [0.25, 0.3) is 0 Å². The summed E-state index contributed by atoms with van der Waals surface area (Å²) in [5, 5.41) is 20.5. The van der Waals surface area contributed by atoms with Gasteiger partial charge in [0, 0.05) is 29.4 Å². The van der Waals surface area contributed by atoms with Crippen LogP contribution in [0, 0.1) is 28.1 Å². The van der Waals surface area contributed by atoms with Gasteiger partial charge in [0.1, 0.15) is 17.5 Å². The SMILES string of the molecule is CC(C)(O)C1CC(=O)C2(C)C(CCC3(C)C(c4ccoc4)OC(=O)C4OC432)C1(C)C=CC(=O)O. The van der Waals surface area contributed by atoms with Crippen LogP contribution in [0.2, 0.25) is 0 Å². The summed E-state index contributed by atoms with van der Waals surface area (Å²) in [7, 11) is 0. The Balaban J connectivity index is 1.69. The number of carbonyl (C=O) groups is 3. The molecule has 2 N–H and O–H groups in total. The zero-order chi connectivity index (χ0) is 24.9. The fraction of sp³-hybridized carbons (Fsp3) is 0.654. The highest BCUT2D eigenvalue weighted by atomic mass is 16.7. The smallest absolute Gasteiger partial charge is 0.339 e. The highest BCUT2D eigenvalue weighted by Crippen LogP contribution is 2.78. The molecule has 1 spiro atoms. The Bertz CT molecular complexity index is 1080. The molecule has 8 unspecified atom stereocenters. The molecule has 4 fully saturated rings. The average molecular weight is 473 g/mol. The largest absolute Gasteiger partial charge is 0.478 e. The van der Waals surface area contributed by atoms with Crippen LogP contribution in [-0.2, 0) is 23.9 Å². The number of fused-ring (bicyclic) bond motifs is 1. The summed E-state index contributed by atoms with van der Waals surface area (Å²) in [5.74, 6) is -2.50. The summed E-state index contributed by atoms with van der Waals surface area (Å²) in [5.41, 5.74) is -4.17. The van der Waals surface area contributed by atoms with Crippen molar-refractivity contribution < 1.29 is 38.5 Å². The number of rotatable bonds is 4. The van der Waals surface area contributed by atoms with Crippen molar-refractivity contribution in [1.82, 2.24) is 0 Å². The van der Waals surface area contributed by atoms with Crippen molar-refractivity contribution in [3.05, 3.63) is 36.3 Å². The second kappa shape index (κ2) is 6.82. The summed E-state index contributed by atoms with van der Waals surface area (Å²) in [4.78, 5) is 38.6. The molecule has 2 aliphatic heterocycles. The van der Waals surface area contributed by atoms with E-state index in [1.807, 2.05) is 20.8 Å². The van der Waals surface area contributed by atoms with Gasteiger partial charge in [0.25, 0.3) is 0 Å². The average Bonchev–Trinajstić information content (AvgIpc) is 3.31. The molecule has 34 heavy (non-hydrogen) atoms. The number of carboxylic acid groups (broad SMARTS) is 1. The first kappa shape index (κ1) is 23.3. The number of aliphatic carboxylic acids is 1. The molecule has 184 valence electrons. The Morgan fingerprint density at radius 1 is 1.21 bits per heavy atom. The zero-order valence-corrected chi connectivity index (χ0v) is 20.2. The number of ketones is 1. The molecule has 8 atom stereocenters. The molecular formula is C26H32O8. The van der Waals surface area contributed by atoms with E-state index in [0.29, 0.717) is 12.8 Å². The molecule has 0 radical (unpaired) electrons. The minimum atomic E-state index is -1.22. The Morgan fingerprint density at radius 2 is 1.91 bits per heavy atom. The molecule has 8 nitrogen and oxygen atoms in total. The molecule has 5 rings (SSSR count). The number of furan rings is 1. The molecule has 1 aromatic heterocycles. The lowest BCUT2D eigenvalue weighted by atomic mass is 9.37. The normalized spacial score (nSPS) is 45.8. The van der Waals surface area contributed by atoms with Gasteiger partial charge < -0.3 is 24.1 Å². The van der Waals surface area contributed by atoms with Crippen molar-refractivity contribution >= 4 is 17.7 Å². The van der Waals surface area contributed by atoms with E-state index in [2.05, 4.69) is 0 Å². The number of aliphatic hydroxyl groups is 1. The standard InChI is InChI=1S/C26H32O8/c1-22(2,31)16-12-17(27)25(5)15(23(16,3)9-7-18(28)29)6-10-24(4)19(14-8-11-32-13-14)33-21(30)20-26(24,25)34-20/h7-9,11,13,15-16,19-20,31H,6,10,12H2,1-5H3,(H,28,29). The van der Waals surface area contributed by atoms with Gasteiger partial charge in [0.05, 0.1) is 23.5 Å². The van der Waals surface area contributed by atoms with E-state index in [9.17, 15) is 24.6 Å². The van der Waals surface area contributed by atoms with Gasteiger partial charge in [-0.05, 0) is 51.0 Å². The molecular weight excluding hydrogens is 440 g/mol. The van der Waals surface area contributed by atoms with Crippen LogP contribution in [0.4, 0.5) is 0 Å². The molecule has 2 aliphatic carbocycles. The number of carbonyl (C=O) groups excluding carboxylic acids is 2. The number of allylic oxidation sites excluding steroid dienone is 1. The lowest BCUT2D eigenvalue weighted by molar-refractivity contribution is -0.213. The maximum Gasteiger partial charge on any atom is 0.339 e. The number of hydrogen-bond acceptors (Lipinski definition) is 7. The predicted molar refractivity (Wildman–Crippen MR) is 118 cm³/mol. The van der Waals surface area contributed by atoms with Crippen LogP contribution in [0.3, 0.4) is 0 Å². The van der Waals surface area contributed by atoms with Crippen molar-refractivity contribution in [1.29, 1.82) is 0 Å². The maximum atomic E-state index is 14.1. The fourth-order valence-electron chi connectivity index (χ4n) is 8.15. The van der Waals surface area contributed by atoms with E-state index in [1.165, 1.54) is 6.26 Å². The van der Waals surface area contributed by atoms with Crippen LogP contribution < -0.4 is 0 Å². The van der Waals surface area contributed by atoms with Crippen LogP contribution in [0.5, 0.6) is 0 Å². The van der Waals surface area contributed by atoms with Crippen LogP contribution in [0.15, 0.2) is 35.2 Å². The summed E-state index contributed by atoms with van der Waals surface area (Å²) in [6, 6.07) is 1.76. The van der Waals surface area contributed by atoms with Crippen molar-refractivity contribution in [3.63, 3.8) is 0 Å². The fourth-order valence-corrected chi connectivity index (χ4v) is 8.15. The number of carboxylic acids is 1. The number of hydrogen-bond donors (Lipinski definition) is 2. The van der Waals surface area contributed by atoms with Gasteiger partial charge in [0.15, 0.2) is 6.10 Å². The lowest BCUT2D eigenvalue weighted by Crippen LogP contribution is -2.71. The number of Topliss-reactive ketones (excluding diaryl/α,β-unsaturated/α-hetero) is 1. The van der Waals surface area contributed by atoms with E-state index in [1.54, 1.807) is 32.3 Å². The topological polar surface area (TPSA) is 127 Å². The number of esters is 1. The molecule has 3 heterocycles. The Kier molecular flexibility index (Phi) is 4.67. The first-order valence-electron chi connectivity index (χ1n) is 11.8. The van der Waals surface area contributed by atoms with Gasteiger partial charge in [0.2, 0.25) is 0 Å². The number of epoxide rings is 1. The van der Waals surface area contributed by atoms with Gasteiger partial charge in [-0.2, -0.15) is 0 Å². The Hall–Kier alpha value is -2.45. The molecule has 1 aromatic rings. The maximum absolute atomic E-state index is 14.1. The molecule has 0 amide bonds. The summed E-state index contributed by atoms with van der Waals surface area (Å²) < 4.78 is 17.4. The van der Waals surface area contributed by atoms with Crippen molar-refractivity contribution in [2.45, 2.75) is 77.3 Å². The minimum absolute atomic E-state index is 0.0519. The van der Waals surface area contributed by atoms with E-state index in [4.69, 9.17) is 13.9 Å². The van der Waals surface area contributed by atoms with Crippen molar-refractivity contribution in [2.24, 2.45) is 28.1 Å². The quantitative estimate of drug-likeness (QED) is 0.388. The van der Waals surface area contributed by atoms with E-state index in [-0.39, 0.29) is 18.1 Å². The Labute approximate surface area is 198 Å². The molecule has 0 aromatic carbocycles. The number of ether oxygens (including phenoxy) is 2. The van der Waals surface area contributed by atoms with E-state index >= 15 is 0 Å². The molecule has 4 aliphatic rings. The number of cyclic esters (lactones) is 1. The van der Waals surface area contributed by atoms with Gasteiger partial charge in [-0.25, -0.2) is 9.59 Å². The summed E-state index contributed by atoms with van der Waals surface area (Å²) in [6.07, 6.45) is 5.56. The summed E-state index contributed by atoms with van der Waals surface area (Å²) in [6.45, 7) is 9.13. The molecule has 0 bridgehead atoms. The monoisotopic (exact) mass is 472 g/mol. The first-order valence-corrected chi connectivity index (χ1v) is 11.8. The molecule has 2 saturated carbocycles. The second-order valence-electron chi connectivity index (χ2n) is 11.7. The highest BCUT2D eigenvalue weighted by molar-refractivity contribution is 5.93. The predicted octanol–water partition coefficient (Wildman–Crippen LogP) is 3.44. The second-order valence-corrected chi connectivity index (χ2v) is 11.7. The zero-order valence-electron chi connectivity index (χ0n) is 20.2. The van der Waals surface area contributed by atoms with E-state index in [0.717, 1.165) is 11.6 Å². The third-order valence-electron chi connectivity index (χ3n) is 9.67. The van der Waals surface area contributed by atoms with Crippen LogP contribution >= 0.6 is 0 Å². The van der Waals surface area contributed by atoms with Gasteiger partial charge in [-0.1, -0.05) is 19.9 Å².